The van der Waals surface area contributed by atoms with Crippen molar-refractivity contribution in [1.82, 2.24) is 15.1 Å². The average molecular weight is 381 g/mol. The van der Waals surface area contributed by atoms with Crippen molar-refractivity contribution in [2.75, 3.05) is 0 Å². The molecule has 1 N–H and O–H groups in total. The van der Waals surface area contributed by atoms with Crippen LogP contribution >= 0.6 is 0 Å². The van der Waals surface area contributed by atoms with Crippen LogP contribution in [0.25, 0.3) is 0 Å². The van der Waals surface area contributed by atoms with Gasteiger partial charge < -0.3 is 5.32 Å². The molecule has 0 saturated carbocycles. The molecule has 0 aliphatic carbocycles. The van der Waals surface area contributed by atoms with Crippen molar-refractivity contribution in [3.8, 4) is 0 Å². The van der Waals surface area contributed by atoms with Gasteiger partial charge in [-0.2, -0.15) is 18.3 Å². The highest BCUT2D eigenvalue weighted by molar-refractivity contribution is 5.30. The lowest BCUT2D eigenvalue weighted by Gasteiger charge is -2.13. The van der Waals surface area contributed by atoms with Crippen LogP contribution in [0.1, 0.15) is 22.3 Å². The summed E-state index contributed by atoms with van der Waals surface area (Å²) in [5.41, 5.74) is 0.650. The van der Waals surface area contributed by atoms with E-state index < -0.39 is 17.6 Å². The molecule has 0 aliphatic heterocycles. The lowest BCUT2D eigenvalue weighted by atomic mass is 10.1. The summed E-state index contributed by atoms with van der Waals surface area (Å²) in [7, 11) is 0. The Bertz CT molecular complexity index is 900. The summed E-state index contributed by atoms with van der Waals surface area (Å²) in [4.78, 5) is 0. The molecule has 0 saturated heterocycles. The average Bonchev–Trinajstić information content (AvgIpc) is 3.05. The third kappa shape index (κ3) is 5.13. The molecule has 8 heteroatoms. The standard InChI is InChI=1S/C19H16F5N3/c20-16-4-1-13(2-5-16)11-27-12-14(9-26-27)8-25-10-15-3-6-17(21)7-18(15)19(22,23)24/h1-7,9,12,25H,8,10-11H2. The highest BCUT2D eigenvalue weighted by Gasteiger charge is 2.33. The van der Waals surface area contributed by atoms with Crippen LogP contribution in [-0.2, 0) is 25.8 Å². The van der Waals surface area contributed by atoms with Gasteiger partial charge in [-0.1, -0.05) is 18.2 Å². The van der Waals surface area contributed by atoms with Gasteiger partial charge in [0.1, 0.15) is 11.6 Å². The molecule has 0 amide bonds. The number of benzene rings is 2. The second-order valence-electron chi connectivity index (χ2n) is 6.08. The van der Waals surface area contributed by atoms with E-state index in [1.165, 1.54) is 12.1 Å². The monoisotopic (exact) mass is 381 g/mol. The Morgan fingerprint density at radius 1 is 0.889 bits per heavy atom. The Labute approximate surface area is 152 Å². The van der Waals surface area contributed by atoms with E-state index in [1.54, 1.807) is 29.2 Å². The zero-order valence-electron chi connectivity index (χ0n) is 14.1. The van der Waals surface area contributed by atoms with Crippen molar-refractivity contribution >= 4 is 0 Å². The third-order valence-electron chi connectivity index (χ3n) is 3.97. The number of nitrogens with one attached hydrogen (secondary N) is 1. The predicted molar refractivity (Wildman–Crippen MR) is 89.7 cm³/mol. The fourth-order valence-electron chi connectivity index (χ4n) is 2.67. The molecule has 27 heavy (non-hydrogen) atoms. The van der Waals surface area contributed by atoms with Crippen LogP contribution in [0.2, 0.25) is 0 Å². The van der Waals surface area contributed by atoms with Gasteiger partial charge in [-0.05, 0) is 35.4 Å². The molecule has 3 aromatic rings. The molecule has 0 atom stereocenters. The Balaban J connectivity index is 1.59. The summed E-state index contributed by atoms with van der Waals surface area (Å²) in [6.45, 7) is 0.701. The Hall–Kier alpha value is -2.74. The van der Waals surface area contributed by atoms with Crippen LogP contribution in [0.15, 0.2) is 54.9 Å². The Morgan fingerprint density at radius 3 is 2.30 bits per heavy atom. The van der Waals surface area contributed by atoms with Crippen LogP contribution in [0.5, 0.6) is 0 Å². The van der Waals surface area contributed by atoms with Crippen LogP contribution < -0.4 is 5.32 Å². The van der Waals surface area contributed by atoms with E-state index in [0.717, 1.165) is 23.3 Å². The minimum Gasteiger partial charge on any atom is -0.308 e. The second kappa shape index (κ2) is 7.87. The zero-order chi connectivity index (χ0) is 19.4. The van der Waals surface area contributed by atoms with Gasteiger partial charge in [-0.15, -0.1) is 0 Å². The first-order valence-corrected chi connectivity index (χ1v) is 8.13. The van der Waals surface area contributed by atoms with Crippen molar-refractivity contribution in [3.05, 3.63) is 88.7 Å². The summed E-state index contributed by atoms with van der Waals surface area (Å²) in [5.74, 6) is -1.24. The first kappa shape index (κ1) is 19.0. The summed E-state index contributed by atoms with van der Waals surface area (Å²) in [6.07, 6.45) is -1.25. The minimum atomic E-state index is -4.61. The SMILES string of the molecule is Fc1ccc(Cn2cc(CNCc3ccc(F)cc3C(F)(F)F)cn2)cc1. The number of nitrogens with zero attached hydrogens (tertiary/aromatic N) is 2. The summed E-state index contributed by atoms with van der Waals surface area (Å²) in [6, 6.07) is 8.67. The number of alkyl halides is 3. The summed E-state index contributed by atoms with van der Waals surface area (Å²) < 4.78 is 66.6. The molecule has 0 unspecified atom stereocenters. The van der Waals surface area contributed by atoms with Crippen molar-refractivity contribution < 1.29 is 22.0 Å². The molecule has 2 aromatic carbocycles. The molecule has 0 bridgehead atoms. The molecule has 0 spiro atoms. The van der Waals surface area contributed by atoms with Crippen molar-refractivity contribution in [3.63, 3.8) is 0 Å². The fraction of sp³-hybridized carbons (Fsp3) is 0.211. The van der Waals surface area contributed by atoms with E-state index in [-0.39, 0.29) is 17.9 Å². The normalized spacial score (nSPS) is 11.7. The van der Waals surface area contributed by atoms with E-state index in [4.69, 9.17) is 0 Å². The molecule has 1 aromatic heterocycles. The maximum Gasteiger partial charge on any atom is 0.416 e. The van der Waals surface area contributed by atoms with Gasteiger partial charge in [0.25, 0.3) is 0 Å². The number of halogens is 5. The Morgan fingerprint density at radius 2 is 1.59 bits per heavy atom. The summed E-state index contributed by atoms with van der Waals surface area (Å²) >= 11 is 0. The largest absolute Gasteiger partial charge is 0.416 e. The van der Waals surface area contributed by atoms with Crippen molar-refractivity contribution in [1.29, 1.82) is 0 Å². The molecule has 142 valence electrons. The highest BCUT2D eigenvalue weighted by atomic mass is 19.4. The molecule has 0 radical (unpaired) electrons. The molecular formula is C19H16F5N3. The predicted octanol–water partition coefficient (Wildman–Crippen LogP) is 4.52. The van der Waals surface area contributed by atoms with Crippen LogP contribution in [-0.4, -0.2) is 9.78 Å². The Kier molecular flexibility index (Phi) is 5.55. The lowest BCUT2D eigenvalue weighted by Crippen LogP contribution is -2.17. The molecular weight excluding hydrogens is 365 g/mol. The second-order valence-corrected chi connectivity index (χ2v) is 6.08. The van der Waals surface area contributed by atoms with Crippen LogP contribution in [0.4, 0.5) is 22.0 Å². The number of rotatable bonds is 6. The molecule has 0 fully saturated rings. The van der Waals surface area contributed by atoms with E-state index in [2.05, 4.69) is 10.4 Å². The fourth-order valence-corrected chi connectivity index (χ4v) is 2.67. The quantitative estimate of drug-likeness (QED) is 0.637. The van der Waals surface area contributed by atoms with Crippen molar-refractivity contribution in [2.45, 2.75) is 25.8 Å². The van der Waals surface area contributed by atoms with Gasteiger partial charge in [-0.3, -0.25) is 4.68 Å². The van der Waals surface area contributed by atoms with E-state index in [9.17, 15) is 22.0 Å². The first-order chi connectivity index (χ1) is 12.8. The molecule has 1 heterocycles. The number of aromatic nitrogens is 2. The van der Waals surface area contributed by atoms with Gasteiger partial charge in [0, 0.05) is 24.8 Å². The van der Waals surface area contributed by atoms with E-state index >= 15 is 0 Å². The first-order valence-electron chi connectivity index (χ1n) is 8.13. The smallest absolute Gasteiger partial charge is 0.308 e. The topological polar surface area (TPSA) is 29.9 Å². The van der Waals surface area contributed by atoms with Gasteiger partial charge >= 0.3 is 6.18 Å². The van der Waals surface area contributed by atoms with Crippen molar-refractivity contribution in [2.24, 2.45) is 0 Å². The third-order valence-corrected chi connectivity index (χ3v) is 3.97. The molecule has 3 nitrogen and oxygen atoms in total. The summed E-state index contributed by atoms with van der Waals surface area (Å²) in [5, 5.41) is 7.09. The molecule has 3 rings (SSSR count). The van der Waals surface area contributed by atoms with Gasteiger partial charge in [0.2, 0.25) is 0 Å². The van der Waals surface area contributed by atoms with E-state index in [0.29, 0.717) is 19.2 Å². The van der Waals surface area contributed by atoms with Crippen LogP contribution in [0, 0.1) is 11.6 Å². The van der Waals surface area contributed by atoms with Gasteiger partial charge in [-0.25, -0.2) is 8.78 Å². The van der Waals surface area contributed by atoms with Gasteiger partial charge in [0.15, 0.2) is 0 Å². The zero-order valence-corrected chi connectivity index (χ0v) is 14.1. The van der Waals surface area contributed by atoms with Gasteiger partial charge in [0.05, 0.1) is 18.3 Å². The highest BCUT2D eigenvalue weighted by Crippen LogP contribution is 2.32. The molecule has 0 aliphatic rings. The maximum atomic E-state index is 13.1. The number of hydrogen-bond donors (Lipinski definition) is 1. The number of hydrogen-bond acceptors (Lipinski definition) is 2. The minimum absolute atomic E-state index is 0.0254. The maximum absolute atomic E-state index is 13.1. The lowest BCUT2D eigenvalue weighted by molar-refractivity contribution is -0.138. The van der Waals surface area contributed by atoms with Crippen LogP contribution in [0.3, 0.4) is 0 Å². The van der Waals surface area contributed by atoms with E-state index in [1.807, 2.05) is 0 Å².